The average molecular weight is 416 g/mol. The maximum Gasteiger partial charge on any atom is 0.275 e. The maximum absolute atomic E-state index is 12.4. The fourth-order valence-electron chi connectivity index (χ4n) is 3.08. The van der Waals surface area contributed by atoms with Crippen LogP contribution in [-0.2, 0) is 22.6 Å². The summed E-state index contributed by atoms with van der Waals surface area (Å²) >= 11 is 5.98. The van der Waals surface area contributed by atoms with Crippen LogP contribution in [0.4, 0.5) is 0 Å². The molecule has 2 aromatic carbocycles. The normalized spacial score (nSPS) is 12.1. The van der Waals surface area contributed by atoms with Gasteiger partial charge in [0, 0.05) is 18.7 Å². The van der Waals surface area contributed by atoms with Gasteiger partial charge in [0.2, 0.25) is 0 Å². The fraction of sp³-hybridized carbons (Fsp3) is 0.286. The van der Waals surface area contributed by atoms with Crippen LogP contribution < -0.4 is 15.8 Å². The molecule has 0 fully saturated rings. The molecule has 1 unspecified atom stereocenters. The van der Waals surface area contributed by atoms with Gasteiger partial charge in [0.15, 0.2) is 12.4 Å². The van der Waals surface area contributed by atoms with Crippen LogP contribution in [0.25, 0.3) is 10.9 Å². The highest BCUT2D eigenvalue weighted by Gasteiger charge is 2.17. The second kappa shape index (κ2) is 10.2. The van der Waals surface area contributed by atoms with Gasteiger partial charge in [0.05, 0.1) is 17.5 Å². The lowest BCUT2D eigenvalue weighted by Crippen LogP contribution is -3.12. The third-order valence-electron chi connectivity index (χ3n) is 4.53. The minimum Gasteiger partial charge on any atom is -0.379 e. The smallest absolute Gasteiger partial charge is 0.275 e. The molecule has 0 saturated carbocycles. The average Bonchev–Trinajstić information content (AvgIpc) is 2.70. The molecular formula is C21H24ClN4O3+. The zero-order valence-corrected chi connectivity index (χ0v) is 17.0. The van der Waals surface area contributed by atoms with Gasteiger partial charge in [-0.2, -0.15) is 0 Å². The lowest BCUT2D eigenvalue weighted by atomic mass is 10.2. The minimum absolute atomic E-state index is 0.0979. The van der Waals surface area contributed by atoms with Crippen LogP contribution in [-0.4, -0.2) is 42.7 Å². The summed E-state index contributed by atoms with van der Waals surface area (Å²) in [6, 6.07) is 14.6. The van der Waals surface area contributed by atoms with E-state index in [2.05, 4.69) is 15.3 Å². The Hall–Kier alpha value is -2.74. The number of nitrogens with zero attached hydrogens (tertiary/aromatic N) is 1. The van der Waals surface area contributed by atoms with E-state index in [1.807, 2.05) is 24.3 Å². The first-order valence-electron chi connectivity index (χ1n) is 9.36. The van der Waals surface area contributed by atoms with Crippen molar-refractivity contribution in [3.63, 3.8) is 0 Å². The van der Waals surface area contributed by atoms with Crippen LogP contribution in [0.2, 0.25) is 5.02 Å². The van der Waals surface area contributed by atoms with Gasteiger partial charge >= 0.3 is 0 Å². The number of methoxy groups -OCH3 is 1. The number of H-pyrrole nitrogens is 1. The van der Waals surface area contributed by atoms with Crippen molar-refractivity contribution in [3.8, 4) is 0 Å². The zero-order valence-electron chi connectivity index (χ0n) is 16.2. The number of aromatic amines is 1. The Morgan fingerprint density at radius 3 is 2.86 bits per heavy atom. The van der Waals surface area contributed by atoms with E-state index in [0.29, 0.717) is 48.0 Å². The number of aromatic nitrogens is 2. The van der Waals surface area contributed by atoms with Gasteiger partial charge in [0.25, 0.3) is 11.5 Å². The van der Waals surface area contributed by atoms with Crippen molar-refractivity contribution in [2.75, 3.05) is 26.8 Å². The van der Waals surface area contributed by atoms with Crippen LogP contribution in [0.5, 0.6) is 0 Å². The van der Waals surface area contributed by atoms with E-state index < -0.39 is 0 Å². The number of hydrogen-bond acceptors (Lipinski definition) is 4. The van der Waals surface area contributed by atoms with E-state index in [9.17, 15) is 9.59 Å². The highest BCUT2D eigenvalue weighted by molar-refractivity contribution is 6.30. The predicted molar refractivity (Wildman–Crippen MR) is 112 cm³/mol. The van der Waals surface area contributed by atoms with Crippen LogP contribution in [0.1, 0.15) is 11.4 Å². The highest BCUT2D eigenvalue weighted by atomic mass is 35.5. The molecule has 0 aliphatic heterocycles. The molecular weight excluding hydrogens is 392 g/mol. The topological polar surface area (TPSA) is 88.5 Å². The summed E-state index contributed by atoms with van der Waals surface area (Å²) in [5.41, 5.74) is 1.40. The summed E-state index contributed by atoms with van der Waals surface area (Å²) in [6.07, 6.45) is 0. The second-order valence-electron chi connectivity index (χ2n) is 6.78. The van der Waals surface area contributed by atoms with Gasteiger partial charge in [-0.3, -0.25) is 9.59 Å². The molecule has 1 amide bonds. The van der Waals surface area contributed by atoms with E-state index in [1.54, 1.807) is 31.4 Å². The number of nitrogens with one attached hydrogen (secondary N) is 3. The first-order valence-corrected chi connectivity index (χ1v) is 9.74. The largest absolute Gasteiger partial charge is 0.379 e. The Morgan fingerprint density at radius 2 is 2.07 bits per heavy atom. The molecule has 3 N–H and O–H groups in total. The van der Waals surface area contributed by atoms with Crippen molar-refractivity contribution >= 4 is 28.4 Å². The number of ether oxygens (including phenoxy) is 1. The molecule has 1 aromatic heterocycles. The minimum atomic E-state index is -0.179. The van der Waals surface area contributed by atoms with Crippen molar-refractivity contribution in [2.24, 2.45) is 0 Å². The lowest BCUT2D eigenvalue weighted by molar-refractivity contribution is -0.906. The molecule has 3 aromatic rings. The zero-order chi connectivity index (χ0) is 20.6. The second-order valence-corrected chi connectivity index (χ2v) is 7.22. The molecule has 7 nitrogen and oxygen atoms in total. The molecule has 152 valence electrons. The number of quaternary nitrogens is 1. The number of amides is 1. The summed E-state index contributed by atoms with van der Waals surface area (Å²) < 4.78 is 5.17. The van der Waals surface area contributed by atoms with Gasteiger partial charge in [-0.1, -0.05) is 35.9 Å². The molecule has 0 spiro atoms. The first kappa shape index (κ1) is 21.0. The highest BCUT2D eigenvalue weighted by Crippen LogP contribution is 2.10. The molecule has 0 bridgehead atoms. The first-order chi connectivity index (χ1) is 14.0. The van der Waals surface area contributed by atoms with E-state index in [1.165, 1.54) is 0 Å². The summed E-state index contributed by atoms with van der Waals surface area (Å²) in [5.74, 6) is 0.446. The number of benzene rings is 2. The molecule has 0 saturated heterocycles. The number of fused-ring (bicyclic) bond motifs is 1. The molecule has 1 heterocycles. The van der Waals surface area contributed by atoms with Crippen LogP contribution in [0, 0.1) is 0 Å². The number of rotatable bonds is 9. The third kappa shape index (κ3) is 6.12. The van der Waals surface area contributed by atoms with Gasteiger partial charge in [-0.25, -0.2) is 4.98 Å². The van der Waals surface area contributed by atoms with E-state index in [4.69, 9.17) is 16.3 Å². The van der Waals surface area contributed by atoms with Gasteiger partial charge in [0.1, 0.15) is 13.1 Å². The number of carbonyl (C=O) groups is 1. The maximum atomic E-state index is 12.4. The lowest BCUT2D eigenvalue weighted by Gasteiger charge is -2.18. The molecule has 0 aliphatic rings. The van der Waals surface area contributed by atoms with Gasteiger partial charge in [-0.05, 0) is 29.8 Å². The van der Waals surface area contributed by atoms with Crippen molar-refractivity contribution in [1.82, 2.24) is 15.3 Å². The Balaban J connectivity index is 1.66. The Kier molecular flexibility index (Phi) is 7.35. The van der Waals surface area contributed by atoms with Crippen LogP contribution in [0.3, 0.4) is 0 Å². The number of hydrogen-bond donors (Lipinski definition) is 3. The monoisotopic (exact) mass is 415 g/mol. The molecule has 0 aliphatic carbocycles. The van der Waals surface area contributed by atoms with Gasteiger partial charge in [-0.15, -0.1) is 0 Å². The van der Waals surface area contributed by atoms with Gasteiger partial charge < -0.3 is 19.9 Å². The Morgan fingerprint density at radius 1 is 1.24 bits per heavy atom. The van der Waals surface area contributed by atoms with Crippen molar-refractivity contribution in [1.29, 1.82) is 0 Å². The molecule has 0 radical (unpaired) electrons. The summed E-state index contributed by atoms with van der Waals surface area (Å²) in [5, 5.41) is 4.09. The summed E-state index contributed by atoms with van der Waals surface area (Å²) in [4.78, 5) is 33.0. The molecule has 3 rings (SSSR count). The number of halogens is 1. The quantitative estimate of drug-likeness (QED) is 0.485. The summed E-state index contributed by atoms with van der Waals surface area (Å²) in [6.45, 7) is 2.16. The number of para-hydroxylation sites is 1. The van der Waals surface area contributed by atoms with Crippen molar-refractivity contribution in [2.45, 2.75) is 13.1 Å². The fourth-order valence-corrected chi connectivity index (χ4v) is 3.29. The number of carbonyl (C=O) groups excluding carboxylic acids is 1. The predicted octanol–water partition coefficient (Wildman–Crippen LogP) is 0.924. The van der Waals surface area contributed by atoms with E-state index >= 15 is 0 Å². The Bertz CT molecular complexity index is 1040. The standard InChI is InChI=1S/C21H23ClN4O3/c1-29-10-9-26(14-20(27)23-12-15-5-4-6-16(22)11-15)13-19-24-18-8-3-2-7-17(18)21(28)25-19/h2-8,11H,9-10,12-14H2,1H3,(H,23,27)(H,24,25,28)/p+1. The Labute approximate surface area is 173 Å². The molecule has 8 heteroatoms. The van der Waals surface area contributed by atoms with Crippen molar-refractivity contribution < 1.29 is 14.4 Å². The summed E-state index contributed by atoms with van der Waals surface area (Å²) in [7, 11) is 1.62. The van der Waals surface area contributed by atoms with Crippen LogP contribution >= 0.6 is 11.6 Å². The van der Waals surface area contributed by atoms with E-state index in [0.717, 1.165) is 10.5 Å². The van der Waals surface area contributed by atoms with E-state index in [-0.39, 0.29) is 18.0 Å². The SMILES string of the molecule is COCC[NH+](CC(=O)NCc1cccc(Cl)c1)Cc1nc2ccccc2c(=O)[nH]1. The molecule has 29 heavy (non-hydrogen) atoms. The van der Waals surface area contributed by atoms with Crippen LogP contribution in [0.15, 0.2) is 53.3 Å². The third-order valence-corrected chi connectivity index (χ3v) is 4.76. The van der Waals surface area contributed by atoms with Crippen molar-refractivity contribution in [3.05, 3.63) is 75.3 Å². The molecule has 1 atom stereocenters.